The van der Waals surface area contributed by atoms with Gasteiger partial charge < -0.3 is 19.0 Å². The van der Waals surface area contributed by atoms with Crippen LogP contribution in [0.25, 0.3) is 0 Å². The summed E-state index contributed by atoms with van der Waals surface area (Å²) in [6, 6.07) is 0. The van der Waals surface area contributed by atoms with Crippen molar-refractivity contribution in [2.75, 3.05) is 6.61 Å². The van der Waals surface area contributed by atoms with E-state index in [2.05, 4.69) is 6.58 Å². The molecule has 0 amide bonds. The molecule has 2 spiro atoms. The monoisotopic (exact) mass is 460 g/mol. The zero-order valence-corrected chi connectivity index (χ0v) is 19.7. The van der Waals surface area contributed by atoms with Crippen LogP contribution in [-0.4, -0.2) is 48.8 Å². The number of cyclic esters (lactones) is 1. The van der Waals surface area contributed by atoms with Crippen molar-refractivity contribution in [1.29, 1.82) is 0 Å². The predicted molar refractivity (Wildman–Crippen MR) is 114 cm³/mol. The molecule has 4 rings (SSSR count). The van der Waals surface area contributed by atoms with E-state index in [1.165, 1.54) is 6.92 Å². The molecule has 4 fully saturated rings. The first-order valence-corrected chi connectivity index (χ1v) is 11.7. The second-order valence-electron chi connectivity index (χ2n) is 10.7. The Morgan fingerprint density at radius 3 is 2.48 bits per heavy atom. The lowest BCUT2D eigenvalue weighted by Gasteiger charge is -2.62. The molecule has 33 heavy (non-hydrogen) atoms. The van der Waals surface area contributed by atoms with Crippen LogP contribution in [0.1, 0.15) is 59.8 Å². The van der Waals surface area contributed by atoms with Crippen LogP contribution in [0.4, 0.5) is 0 Å². The van der Waals surface area contributed by atoms with Gasteiger partial charge in [0, 0.05) is 25.2 Å². The van der Waals surface area contributed by atoms with Gasteiger partial charge in [0.2, 0.25) is 0 Å². The standard InChI is InChI=1S/C25H32O8/c1-6-19(28)33-21-15-7-8-16-24(12-31-22(30)25(16,21)20(29)13(15)2)17(11-26)23(4,5)10-9-18(24)32-14(3)27/h11,15-18,21H,2,6-10,12H2,1,3-5H3/t15-,16+,17-,18+,21-,24+,25+/m1/s1. The fourth-order valence-corrected chi connectivity index (χ4v) is 7.33. The number of carbonyl (C=O) groups excluding carboxylic acids is 5. The van der Waals surface area contributed by atoms with Gasteiger partial charge in [0.1, 0.15) is 25.1 Å². The lowest BCUT2D eigenvalue weighted by Crippen LogP contribution is -2.71. The highest BCUT2D eigenvalue weighted by Gasteiger charge is 2.79. The fourth-order valence-electron chi connectivity index (χ4n) is 7.33. The molecule has 3 aliphatic carbocycles. The summed E-state index contributed by atoms with van der Waals surface area (Å²) in [5, 5.41) is 0. The SMILES string of the molecule is C=C1C(=O)[C@@]23C(=O)OC[C@]4([C@@H](OC(C)=O)CCC(C)(C)[C@H]4C=O)[C@@H]2CC[C@H]1[C@H]3OC(=O)CC. The Hall–Kier alpha value is -2.51. The van der Waals surface area contributed by atoms with E-state index in [0.29, 0.717) is 25.7 Å². The molecule has 1 saturated heterocycles. The van der Waals surface area contributed by atoms with Crippen LogP contribution in [-0.2, 0) is 38.2 Å². The van der Waals surface area contributed by atoms with Gasteiger partial charge in [-0.3, -0.25) is 19.2 Å². The smallest absolute Gasteiger partial charge is 0.324 e. The summed E-state index contributed by atoms with van der Waals surface area (Å²) < 4.78 is 17.2. The molecule has 0 N–H and O–H groups in total. The summed E-state index contributed by atoms with van der Waals surface area (Å²) in [5.41, 5.74) is -3.11. The van der Waals surface area contributed by atoms with Gasteiger partial charge in [0.05, 0.1) is 5.41 Å². The molecule has 8 heteroatoms. The van der Waals surface area contributed by atoms with Crippen molar-refractivity contribution in [2.24, 2.45) is 34.0 Å². The highest BCUT2D eigenvalue weighted by molar-refractivity contribution is 6.16. The minimum absolute atomic E-state index is 0.0882. The Kier molecular flexibility index (Phi) is 5.57. The number of hydrogen-bond donors (Lipinski definition) is 0. The van der Waals surface area contributed by atoms with E-state index in [4.69, 9.17) is 14.2 Å². The molecule has 0 radical (unpaired) electrons. The van der Waals surface area contributed by atoms with Crippen molar-refractivity contribution < 1.29 is 38.2 Å². The maximum atomic E-state index is 13.8. The van der Waals surface area contributed by atoms with Crippen LogP contribution in [0.3, 0.4) is 0 Å². The van der Waals surface area contributed by atoms with Crippen LogP contribution in [0.15, 0.2) is 12.2 Å². The first kappa shape index (κ1) is 23.6. The first-order chi connectivity index (χ1) is 15.5. The average molecular weight is 461 g/mol. The summed E-state index contributed by atoms with van der Waals surface area (Å²) in [4.78, 5) is 64.3. The number of Topliss-reactive ketones (excluding diaryl/α,β-unsaturated/α-hetero) is 1. The summed E-state index contributed by atoms with van der Waals surface area (Å²) in [6.45, 7) is 10.7. The Morgan fingerprint density at radius 2 is 1.88 bits per heavy atom. The number of ether oxygens (including phenoxy) is 3. The third-order valence-electron chi connectivity index (χ3n) is 8.75. The molecule has 0 aromatic heterocycles. The van der Waals surface area contributed by atoms with Gasteiger partial charge in [0.25, 0.3) is 0 Å². The average Bonchev–Trinajstić information content (AvgIpc) is 2.87. The molecule has 0 unspecified atom stereocenters. The van der Waals surface area contributed by atoms with Crippen LogP contribution < -0.4 is 0 Å². The number of aldehydes is 1. The predicted octanol–water partition coefficient (Wildman–Crippen LogP) is 2.57. The first-order valence-electron chi connectivity index (χ1n) is 11.7. The maximum absolute atomic E-state index is 13.8. The maximum Gasteiger partial charge on any atom is 0.324 e. The lowest BCUT2D eigenvalue weighted by molar-refractivity contribution is -0.252. The summed E-state index contributed by atoms with van der Waals surface area (Å²) in [5.74, 6) is -4.06. The molecule has 3 saturated carbocycles. The normalized spacial score (nSPS) is 41.2. The van der Waals surface area contributed by atoms with Crippen molar-refractivity contribution >= 4 is 30.0 Å². The van der Waals surface area contributed by atoms with Gasteiger partial charge in [-0.25, -0.2) is 0 Å². The molecule has 7 atom stereocenters. The third-order valence-corrected chi connectivity index (χ3v) is 8.75. The van der Waals surface area contributed by atoms with Gasteiger partial charge in [-0.1, -0.05) is 27.4 Å². The Bertz CT molecular complexity index is 935. The number of rotatable bonds is 4. The molecule has 180 valence electrons. The van der Waals surface area contributed by atoms with Gasteiger partial charge >= 0.3 is 17.9 Å². The number of fused-ring (bicyclic) bond motifs is 2. The zero-order valence-electron chi connectivity index (χ0n) is 19.7. The van der Waals surface area contributed by atoms with Crippen molar-refractivity contribution in [2.45, 2.75) is 72.0 Å². The van der Waals surface area contributed by atoms with Crippen molar-refractivity contribution in [1.82, 2.24) is 0 Å². The molecule has 2 bridgehead atoms. The van der Waals surface area contributed by atoms with Crippen molar-refractivity contribution in [3.05, 3.63) is 12.2 Å². The molecule has 0 aromatic carbocycles. The zero-order chi connectivity index (χ0) is 24.3. The number of ketones is 1. The number of hydrogen-bond acceptors (Lipinski definition) is 8. The van der Waals surface area contributed by atoms with Gasteiger partial charge in [-0.2, -0.15) is 0 Å². The molecule has 1 aliphatic heterocycles. The largest absolute Gasteiger partial charge is 0.464 e. The Labute approximate surface area is 193 Å². The quantitative estimate of drug-likeness (QED) is 0.207. The summed E-state index contributed by atoms with van der Waals surface area (Å²) in [7, 11) is 0. The lowest BCUT2D eigenvalue weighted by atomic mass is 9.43. The van der Waals surface area contributed by atoms with Gasteiger partial charge in [-0.05, 0) is 42.6 Å². The van der Waals surface area contributed by atoms with Crippen molar-refractivity contribution in [3.63, 3.8) is 0 Å². The fraction of sp³-hybridized carbons (Fsp3) is 0.720. The minimum atomic E-state index is -1.78. The summed E-state index contributed by atoms with van der Waals surface area (Å²) in [6.07, 6.45) is 1.20. The van der Waals surface area contributed by atoms with Gasteiger partial charge in [0.15, 0.2) is 11.2 Å². The van der Waals surface area contributed by atoms with E-state index in [0.717, 1.165) is 6.29 Å². The van der Waals surface area contributed by atoms with E-state index in [1.807, 2.05) is 13.8 Å². The second-order valence-corrected chi connectivity index (χ2v) is 10.7. The Balaban J connectivity index is 1.95. The van der Waals surface area contributed by atoms with E-state index in [9.17, 15) is 24.0 Å². The molecule has 4 aliphatic rings. The van der Waals surface area contributed by atoms with Crippen LogP contribution in [0.2, 0.25) is 0 Å². The van der Waals surface area contributed by atoms with Crippen LogP contribution >= 0.6 is 0 Å². The highest BCUT2D eigenvalue weighted by Crippen LogP contribution is 2.68. The molecule has 8 nitrogen and oxygen atoms in total. The highest BCUT2D eigenvalue weighted by atomic mass is 16.6. The topological polar surface area (TPSA) is 113 Å². The van der Waals surface area contributed by atoms with Gasteiger partial charge in [-0.15, -0.1) is 0 Å². The molecular weight excluding hydrogens is 428 g/mol. The van der Waals surface area contributed by atoms with Crippen LogP contribution in [0.5, 0.6) is 0 Å². The van der Waals surface area contributed by atoms with E-state index >= 15 is 0 Å². The van der Waals surface area contributed by atoms with E-state index < -0.39 is 69.9 Å². The minimum Gasteiger partial charge on any atom is -0.464 e. The number of esters is 3. The van der Waals surface area contributed by atoms with Crippen molar-refractivity contribution in [3.8, 4) is 0 Å². The summed E-state index contributed by atoms with van der Waals surface area (Å²) >= 11 is 0. The third kappa shape index (κ3) is 2.98. The molecule has 0 aromatic rings. The van der Waals surface area contributed by atoms with E-state index in [-0.39, 0.29) is 18.6 Å². The van der Waals surface area contributed by atoms with E-state index in [1.54, 1.807) is 6.92 Å². The molecular formula is C25H32O8. The second kappa shape index (κ2) is 7.77. The number of carbonyl (C=O) groups is 5. The molecule has 1 heterocycles. The Morgan fingerprint density at radius 1 is 1.18 bits per heavy atom. The van der Waals surface area contributed by atoms with Crippen LogP contribution in [0, 0.1) is 34.0 Å².